The Balaban J connectivity index is 2.00. The number of rotatable bonds is 5. The van der Waals surface area contributed by atoms with E-state index >= 15 is 0 Å². The van der Waals surface area contributed by atoms with Crippen LogP contribution in [0.3, 0.4) is 0 Å². The fourth-order valence-electron chi connectivity index (χ4n) is 2.11. The van der Waals surface area contributed by atoms with Crippen LogP contribution in [-0.4, -0.2) is 19.9 Å². The van der Waals surface area contributed by atoms with Gasteiger partial charge in [0.2, 0.25) is 5.95 Å². The van der Waals surface area contributed by atoms with Crippen LogP contribution in [0.2, 0.25) is 0 Å². The van der Waals surface area contributed by atoms with Gasteiger partial charge in [0.05, 0.1) is 11.9 Å². The molecule has 1 aliphatic rings. The van der Waals surface area contributed by atoms with E-state index in [2.05, 4.69) is 4.98 Å². The average Bonchev–Trinajstić information content (AvgIpc) is 3.30. The fraction of sp³-hybridized carbons (Fsp3) is 0.267. The molecule has 0 bridgehead atoms. The highest BCUT2D eigenvalue weighted by molar-refractivity contribution is 7.92. The van der Waals surface area contributed by atoms with Gasteiger partial charge in [0.25, 0.3) is 10.0 Å². The quantitative estimate of drug-likeness (QED) is 0.798. The zero-order chi connectivity index (χ0) is 14.9. The molecule has 1 fully saturated rings. The number of hydrogen-bond acceptors (Lipinski definition) is 3. The van der Waals surface area contributed by atoms with E-state index in [1.54, 1.807) is 24.3 Å². The molecule has 0 aliphatic heterocycles. The topological polar surface area (TPSA) is 50.3 Å². The normalized spacial score (nSPS) is 14.9. The van der Waals surface area contributed by atoms with Crippen molar-refractivity contribution in [3.63, 3.8) is 0 Å². The van der Waals surface area contributed by atoms with Gasteiger partial charge in [-0.2, -0.15) is 4.39 Å². The zero-order valence-corrected chi connectivity index (χ0v) is 12.1. The van der Waals surface area contributed by atoms with Crippen molar-refractivity contribution < 1.29 is 12.8 Å². The zero-order valence-electron chi connectivity index (χ0n) is 11.3. The minimum absolute atomic E-state index is 0.00778. The van der Waals surface area contributed by atoms with E-state index in [-0.39, 0.29) is 4.90 Å². The molecule has 0 amide bonds. The summed E-state index contributed by atoms with van der Waals surface area (Å²) < 4.78 is 39.8. The molecule has 1 saturated carbocycles. The summed E-state index contributed by atoms with van der Waals surface area (Å²) in [7, 11) is -3.72. The standard InChI is InChI=1S/C15H15FN2O2S/c16-15-9-8-14(10-17-15)21(19,20)18(11-12-6-7-12)13-4-2-1-3-5-13/h1-5,8-10,12H,6-7,11H2. The maximum Gasteiger partial charge on any atom is 0.265 e. The van der Waals surface area contributed by atoms with Crippen LogP contribution in [-0.2, 0) is 10.0 Å². The molecule has 110 valence electrons. The number of nitrogens with zero attached hydrogens (tertiary/aromatic N) is 2. The fourth-order valence-corrected chi connectivity index (χ4v) is 3.60. The molecule has 0 atom stereocenters. The van der Waals surface area contributed by atoms with E-state index in [0.29, 0.717) is 18.2 Å². The van der Waals surface area contributed by atoms with Crippen molar-refractivity contribution in [3.8, 4) is 0 Å². The van der Waals surface area contributed by atoms with Crippen molar-refractivity contribution in [1.29, 1.82) is 0 Å². The van der Waals surface area contributed by atoms with Crippen LogP contribution in [0.5, 0.6) is 0 Å². The van der Waals surface area contributed by atoms with E-state index in [4.69, 9.17) is 0 Å². The second-order valence-electron chi connectivity index (χ2n) is 5.13. The molecule has 1 aromatic heterocycles. The minimum atomic E-state index is -3.72. The average molecular weight is 306 g/mol. The molecule has 0 N–H and O–H groups in total. The number of hydrogen-bond donors (Lipinski definition) is 0. The van der Waals surface area contributed by atoms with Crippen LogP contribution in [0.1, 0.15) is 12.8 Å². The summed E-state index contributed by atoms with van der Waals surface area (Å²) in [4.78, 5) is 3.45. The van der Waals surface area contributed by atoms with Crippen LogP contribution in [0.25, 0.3) is 0 Å². The second kappa shape index (κ2) is 5.44. The third-order valence-electron chi connectivity index (χ3n) is 3.45. The van der Waals surface area contributed by atoms with Crippen molar-refractivity contribution in [3.05, 3.63) is 54.6 Å². The number of pyridine rings is 1. The molecule has 1 aromatic carbocycles. The Morgan fingerprint density at radius 3 is 2.43 bits per heavy atom. The van der Waals surface area contributed by atoms with Gasteiger partial charge in [-0.15, -0.1) is 0 Å². The third kappa shape index (κ3) is 3.05. The van der Waals surface area contributed by atoms with Gasteiger partial charge >= 0.3 is 0 Å². The van der Waals surface area contributed by atoms with Gasteiger partial charge in [-0.3, -0.25) is 4.31 Å². The highest BCUT2D eigenvalue weighted by Gasteiger charge is 2.32. The number of aromatic nitrogens is 1. The Morgan fingerprint density at radius 2 is 1.86 bits per heavy atom. The highest BCUT2D eigenvalue weighted by atomic mass is 32.2. The van der Waals surface area contributed by atoms with Gasteiger partial charge < -0.3 is 0 Å². The second-order valence-corrected chi connectivity index (χ2v) is 6.99. The highest BCUT2D eigenvalue weighted by Crippen LogP contribution is 2.34. The van der Waals surface area contributed by atoms with Crippen LogP contribution in [0.4, 0.5) is 10.1 Å². The Morgan fingerprint density at radius 1 is 1.14 bits per heavy atom. The lowest BCUT2D eigenvalue weighted by Gasteiger charge is -2.24. The van der Waals surface area contributed by atoms with Gasteiger partial charge in [-0.25, -0.2) is 13.4 Å². The lowest BCUT2D eigenvalue weighted by Crippen LogP contribution is -2.33. The Labute approximate surface area is 123 Å². The van der Waals surface area contributed by atoms with Crippen molar-refractivity contribution >= 4 is 15.7 Å². The summed E-state index contributed by atoms with van der Waals surface area (Å²) in [5, 5.41) is 0. The van der Waals surface area contributed by atoms with Crippen LogP contribution in [0.15, 0.2) is 53.6 Å². The molecule has 2 aromatic rings. The lowest BCUT2D eigenvalue weighted by atomic mass is 10.3. The number of sulfonamides is 1. The van der Waals surface area contributed by atoms with Gasteiger partial charge in [0.1, 0.15) is 4.90 Å². The van der Waals surface area contributed by atoms with Crippen LogP contribution < -0.4 is 4.31 Å². The van der Waals surface area contributed by atoms with E-state index in [1.165, 1.54) is 10.4 Å². The van der Waals surface area contributed by atoms with Crippen LogP contribution >= 0.6 is 0 Å². The Bertz CT molecular complexity index is 713. The van der Waals surface area contributed by atoms with Gasteiger partial charge in [-0.05, 0) is 43.0 Å². The van der Waals surface area contributed by atoms with E-state index in [9.17, 15) is 12.8 Å². The monoisotopic (exact) mass is 306 g/mol. The number of benzene rings is 1. The van der Waals surface area contributed by atoms with Crippen molar-refractivity contribution in [1.82, 2.24) is 4.98 Å². The van der Waals surface area contributed by atoms with E-state index < -0.39 is 16.0 Å². The first-order chi connectivity index (χ1) is 10.1. The van der Waals surface area contributed by atoms with Crippen molar-refractivity contribution in [2.75, 3.05) is 10.8 Å². The number of halogens is 1. The minimum Gasteiger partial charge on any atom is -0.266 e. The van der Waals surface area contributed by atoms with Gasteiger partial charge in [-0.1, -0.05) is 18.2 Å². The predicted molar refractivity (Wildman–Crippen MR) is 77.9 cm³/mol. The first-order valence-corrected chi connectivity index (χ1v) is 8.21. The van der Waals surface area contributed by atoms with Crippen LogP contribution in [0, 0.1) is 11.9 Å². The number of anilines is 1. The van der Waals surface area contributed by atoms with E-state index in [1.807, 2.05) is 6.07 Å². The molecular weight excluding hydrogens is 291 g/mol. The predicted octanol–water partition coefficient (Wildman–Crippen LogP) is 2.83. The Hall–Kier alpha value is -1.95. The first kappa shape index (κ1) is 14.0. The molecule has 0 radical (unpaired) electrons. The summed E-state index contributed by atoms with van der Waals surface area (Å²) in [5.74, 6) is -0.296. The van der Waals surface area contributed by atoms with Gasteiger partial charge in [0.15, 0.2) is 0 Å². The summed E-state index contributed by atoms with van der Waals surface area (Å²) in [6.07, 6.45) is 3.15. The molecule has 21 heavy (non-hydrogen) atoms. The summed E-state index contributed by atoms with van der Waals surface area (Å²) >= 11 is 0. The van der Waals surface area contributed by atoms with E-state index in [0.717, 1.165) is 25.1 Å². The molecule has 1 heterocycles. The molecule has 1 aliphatic carbocycles. The third-order valence-corrected chi connectivity index (χ3v) is 5.23. The molecule has 0 spiro atoms. The SMILES string of the molecule is O=S(=O)(c1ccc(F)nc1)N(CC1CC1)c1ccccc1. The summed E-state index contributed by atoms with van der Waals surface area (Å²) in [6, 6.07) is 11.3. The first-order valence-electron chi connectivity index (χ1n) is 6.77. The van der Waals surface area contributed by atoms with Crippen molar-refractivity contribution in [2.24, 2.45) is 5.92 Å². The lowest BCUT2D eigenvalue weighted by molar-refractivity contribution is 0.574. The molecule has 0 unspecified atom stereocenters. The largest absolute Gasteiger partial charge is 0.266 e. The molecule has 6 heteroatoms. The molecule has 4 nitrogen and oxygen atoms in total. The molecule has 3 rings (SSSR count). The molecular formula is C15H15FN2O2S. The summed E-state index contributed by atoms with van der Waals surface area (Å²) in [6.45, 7) is 0.448. The Kier molecular flexibility index (Phi) is 3.63. The smallest absolute Gasteiger partial charge is 0.265 e. The van der Waals surface area contributed by atoms with Crippen molar-refractivity contribution in [2.45, 2.75) is 17.7 Å². The number of para-hydroxylation sites is 1. The summed E-state index contributed by atoms with van der Waals surface area (Å²) in [5.41, 5.74) is 0.619. The maximum absolute atomic E-state index is 12.9. The molecule has 0 saturated heterocycles. The maximum atomic E-state index is 12.9. The van der Waals surface area contributed by atoms with Gasteiger partial charge in [0, 0.05) is 6.54 Å².